The van der Waals surface area contributed by atoms with Gasteiger partial charge in [-0.2, -0.15) is 39.5 Å². The van der Waals surface area contributed by atoms with Crippen LogP contribution in [0.2, 0.25) is 5.02 Å². The molecule has 0 spiro atoms. The molecule has 0 aliphatic carbocycles. The predicted molar refractivity (Wildman–Crippen MR) is 119 cm³/mol. The van der Waals surface area contributed by atoms with E-state index in [1.165, 1.54) is 68.4 Å². The van der Waals surface area contributed by atoms with Crippen LogP contribution in [0.1, 0.15) is 32.3 Å². The number of carbonyl (C=O) groups excluding carboxylic acids is 1. The molecule has 1 unspecified atom stereocenters. The van der Waals surface area contributed by atoms with E-state index in [0.29, 0.717) is 0 Å². The van der Waals surface area contributed by atoms with Crippen molar-refractivity contribution in [2.24, 2.45) is 5.41 Å². The molecule has 3 nitrogen and oxygen atoms in total. The van der Waals surface area contributed by atoms with Gasteiger partial charge in [0.05, 0.1) is 5.54 Å². The van der Waals surface area contributed by atoms with Crippen LogP contribution >= 0.6 is 11.6 Å². The number of benzene rings is 2. The lowest BCUT2D eigenvalue weighted by Crippen LogP contribution is -2.63. The number of alkyl halides is 9. The molecule has 37 heavy (non-hydrogen) atoms. The number of amides is 2. The molecule has 0 aromatic heterocycles. The molecule has 2 aromatic rings. The lowest BCUT2D eigenvalue weighted by atomic mass is 9.75. The third-order valence-electron chi connectivity index (χ3n) is 6.23. The van der Waals surface area contributed by atoms with Crippen molar-refractivity contribution < 1.29 is 44.3 Å². The fourth-order valence-corrected chi connectivity index (χ4v) is 4.89. The molecule has 1 saturated heterocycles. The topological polar surface area (TPSA) is 32.3 Å². The second kappa shape index (κ2) is 9.28. The number of anilines is 1. The molecule has 0 radical (unpaired) electrons. The van der Waals surface area contributed by atoms with Crippen LogP contribution in [0.15, 0.2) is 54.6 Å². The Balaban J connectivity index is 2.14. The highest BCUT2D eigenvalue weighted by Gasteiger charge is 2.82. The second-order valence-corrected chi connectivity index (χ2v) is 10.2. The van der Waals surface area contributed by atoms with Crippen LogP contribution in [-0.2, 0) is 5.54 Å². The maximum atomic E-state index is 15.1. The Bertz CT molecular complexity index is 1140. The summed E-state index contributed by atoms with van der Waals surface area (Å²) in [4.78, 5) is 14.1. The number of nitrogens with one attached hydrogen (secondary N) is 1. The summed E-state index contributed by atoms with van der Waals surface area (Å²) in [7, 11) is 0. The molecule has 3 rings (SSSR count). The van der Waals surface area contributed by atoms with E-state index in [4.69, 9.17) is 11.6 Å². The highest BCUT2D eigenvalue weighted by Crippen LogP contribution is 2.59. The van der Waals surface area contributed by atoms with Crippen LogP contribution in [0, 0.1) is 5.41 Å². The zero-order chi connectivity index (χ0) is 28.1. The molecule has 1 aliphatic heterocycles. The summed E-state index contributed by atoms with van der Waals surface area (Å²) >= 11 is 5.89. The molecular formula is C24H22ClF9N2O. The molecule has 13 heteroatoms. The molecule has 204 valence electrons. The number of hydrogen-bond donors (Lipinski definition) is 1. The first-order valence-electron chi connectivity index (χ1n) is 10.9. The SMILES string of the molecule is CC1(C)CN(C(=O)Nc2cccc(Cl)c2)C(CC(F)(F)C(F)(F)C(F)(F)C(F)(F)F)(c2ccccc2)C1. The Labute approximate surface area is 211 Å². The number of halogens is 10. The molecule has 1 heterocycles. The van der Waals surface area contributed by atoms with E-state index in [-0.39, 0.29) is 22.8 Å². The molecule has 1 N–H and O–H groups in total. The Kier molecular flexibility index (Phi) is 7.26. The Hall–Kier alpha value is -2.63. The largest absolute Gasteiger partial charge is 0.460 e. The van der Waals surface area contributed by atoms with E-state index in [1.807, 2.05) is 0 Å². The van der Waals surface area contributed by atoms with E-state index in [1.54, 1.807) is 0 Å². The van der Waals surface area contributed by atoms with Crippen molar-refractivity contribution >= 4 is 23.3 Å². The second-order valence-electron chi connectivity index (χ2n) is 9.79. The van der Waals surface area contributed by atoms with Gasteiger partial charge in [-0.25, -0.2) is 4.79 Å². The lowest BCUT2D eigenvalue weighted by molar-refractivity contribution is -0.399. The highest BCUT2D eigenvalue weighted by molar-refractivity contribution is 6.30. The fraction of sp³-hybridized carbons (Fsp3) is 0.458. The molecule has 0 bridgehead atoms. The normalized spacial score (nSPS) is 20.7. The van der Waals surface area contributed by atoms with Gasteiger partial charge in [0.15, 0.2) is 0 Å². The highest BCUT2D eigenvalue weighted by atomic mass is 35.5. The number of rotatable bonds is 6. The minimum absolute atomic E-state index is 0.116. The first-order valence-corrected chi connectivity index (χ1v) is 11.2. The van der Waals surface area contributed by atoms with Crippen molar-refractivity contribution in [1.82, 2.24) is 4.90 Å². The Morgan fingerprint density at radius 3 is 2.05 bits per heavy atom. The standard InChI is InChI=1S/C24H22ClF9N2O/c1-19(2)12-20(15-7-4-3-5-8-15,13-21(26,27)22(28,29)23(30,31)24(32,33)34)36(14-19)18(37)35-17-10-6-9-16(25)11-17/h3-11H,12-14H2,1-2H3,(H,35,37). The summed E-state index contributed by atoms with van der Waals surface area (Å²) in [6.45, 7) is 2.75. The van der Waals surface area contributed by atoms with Gasteiger partial charge in [0.2, 0.25) is 0 Å². The van der Waals surface area contributed by atoms with E-state index < -0.39 is 53.8 Å². The van der Waals surface area contributed by atoms with Crippen LogP contribution in [0.25, 0.3) is 0 Å². The van der Waals surface area contributed by atoms with Crippen molar-refractivity contribution in [3.63, 3.8) is 0 Å². The van der Waals surface area contributed by atoms with Gasteiger partial charge in [-0.3, -0.25) is 0 Å². The van der Waals surface area contributed by atoms with E-state index in [9.17, 15) is 35.5 Å². The summed E-state index contributed by atoms with van der Waals surface area (Å²) in [6.07, 6.45) is -9.58. The van der Waals surface area contributed by atoms with Crippen molar-refractivity contribution in [2.45, 2.75) is 56.2 Å². The van der Waals surface area contributed by atoms with Gasteiger partial charge in [-0.15, -0.1) is 0 Å². The van der Waals surface area contributed by atoms with Crippen LogP contribution in [0.5, 0.6) is 0 Å². The summed E-state index contributed by atoms with van der Waals surface area (Å²) in [6, 6.07) is 11.2. The van der Waals surface area contributed by atoms with Gasteiger partial charge in [-0.05, 0) is 35.6 Å². The molecule has 1 aliphatic rings. The first-order chi connectivity index (χ1) is 16.8. The van der Waals surface area contributed by atoms with Crippen LogP contribution in [0.3, 0.4) is 0 Å². The maximum Gasteiger partial charge on any atom is 0.460 e. The molecule has 2 amide bonds. The molecule has 0 saturated carbocycles. The van der Waals surface area contributed by atoms with E-state index in [0.717, 1.165) is 4.90 Å². The smallest absolute Gasteiger partial charge is 0.314 e. The number of carbonyl (C=O) groups is 1. The van der Waals surface area contributed by atoms with Crippen LogP contribution < -0.4 is 5.32 Å². The average molecular weight is 561 g/mol. The third-order valence-corrected chi connectivity index (χ3v) is 6.47. The zero-order valence-corrected chi connectivity index (χ0v) is 20.2. The number of hydrogen-bond acceptors (Lipinski definition) is 1. The number of nitrogens with zero attached hydrogens (tertiary/aromatic N) is 1. The van der Waals surface area contributed by atoms with Crippen molar-refractivity contribution in [3.05, 3.63) is 65.2 Å². The minimum atomic E-state index is -7.04. The molecule has 1 atom stereocenters. The number of likely N-dealkylation sites (tertiary alicyclic amines) is 1. The summed E-state index contributed by atoms with van der Waals surface area (Å²) in [5, 5.41) is 2.61. The van der Waals surface area contributed by atoms with E-state index in [2.05, 4.69) is 5.32 Å². The Morgan fingerprint density at radius 2 is 1.51 bits per heavy atom. The monoisotopic (exact) mass is 560 g/mol. The van der Waals surface area contributed by atoms with Crippen LogP contribution in [0.4, 0.5) is 50.0 Å². The van der Waals surface area contributed by atoms with Gasteiger partial charge in [0, 0.05) is 23.7 Å². The van der Waals surface area contributed by atoms with E-state index >= 15 is 8.78 Å². The maximum absolute atomic E-state index is 15.1. The summed E-state index contributed by atoms with van der Waals surface area (Å²) in [5.74, 6) is -19.7. The molecular weight excluding hydrogens is 539 g/mol. The van der Waals surface area contributed by atoms with Gasteiger partial charge in [0.1, 0.15) is 0 Å². The van der Waals surface area contributed by atoms with Crippen molar-refractivity contribution in [3.8, 4) is 0 Å². The third kappa shape index (κ3) is 5.21. The minimum Gasteiger partial charge on any atom is -0.314 e. The van der Waals surface area contributed by atoms with Gasteiger partial charge >= 0.3 is 30.0 Å². The van der Waals surface area contributed by atoms with Gasteiger partial charge < -0.3 is 10.2 Å². The van der Waals surface area contributed by atoms with Crippen LogP contribution in [-0.4, -0.2) is 41.4 Å². The fourth-order valence-electron chi connectivity index (χ4n) is 4.70. The zero-order valence-electron chi connectivity index (χ0n) is 19.5. The molecule has 1 fully saturated rings. The van der Waals surface area contributed by atoms with Gasteiger partial charge in [0.25, 0.3) is 0 Å². The molecule has 2 aromatic carbocycles. The Morgan fingerprint density at radius 1 is 0.919 bits per heavy atom. The van der Waals surface area contributed by atoms with Crippen molar-refractivity contribution in [2.75, 3.05) is 11.9 Å². The predicted octanol–water partition coefficient (Wildman–Crippen LogP) is 8.36. The quantitative estimate of drug-likeness (QED) is 0.354. The first kappa shape index (κ1) is 28.9. The summed E-state index contributed by atoms with van der Waals surface area (Å²) in [5.41, 5.74) is -3.40. The summed E-state index contributed by atoms with van der Waals surface area (Å²) < 4.78 is 124. The lowest BCUT2D eigenvalue weighted by Gasteiger charge is -2.43. The number of urea groups is 1. The average Bonchev–Trinajstić information content (AvgIpc) is 3.04. The van der Waals surface area contributed by atoms with Crippen molar-refractivity contribution in [1.29, 1.82) is 0 Å². The van der Waals surface area contributed by atoms with Gasteiger partial charge in [-0.1, -0.05) is 61.8 Å².